The summed E-state index contributed by atoms with van der Waals surface area (Å²) < 4.78 is 4.81. The first-order valence-electron chi connectivity index (χ1n) is 5.21. The van der Waals surface area contributed by atoms with Crippen LogP contribution in [0.15, 0.2) is 35.0 Å². The molecule has 0 spiro atoms. The summed E-state index contributed by atoms with van der Waals surface area (Å²) in [5, 5.41) is 12.4. The maximum absolute atomic E-state index is 8.73. The Morgan fingerprint density at radius 1 is 1.25 bits per heavy atom. The summed E-state index contributed by atoms with van der Waals surface area (Å²) in [6.07, 6.45) is 3.28. The summed E-state index contributed by atoms with van der Waals surface area (Å²) in [5.74, 6) is 0.336. The van der Waals surface area contributed by atoms with Crippen LogP contribution in [0.1, 0.15) is 12.0 Å². The van der Waals surface area contributed by atoms with Gasteiger partial charge in [-0.15, -0.1) is 0 Å². The van der Waals surface area contributed by atoms with E-state index in [1.807, 2.05) is 24.3 Å². The van der Waals surface area contributed by atoms with E-state index in [4.69, 9.17) is 15.4 Å². The number of aromatic nitrogens is 1. The first kappa shape index (κ1) is 10.7. The molecule has 1 aromatic carbocycles. The van der Waals surface area contributed by atoms with Gasteiger partial charge in [0, 0.05) is 6.61 Å². The van der Waals surface area contributed by atoms with Crippen LogP contribution in [0.5, 0.6) is 0 Å². The van der Waals surface area contributed by atoms with Crippen LogP contribution in [0.4, 0.5) is 5.88 Å². The van der Waals surface area contributed by atoms with Gasteiger partial charge in [-0.2, -0.15) is 0 Å². The molecule has 0 saturated heterocycles. The van der Waals surface area contributed by atoms with Crippen molar-refractivity contribution in [3.8, 4) is 11.1 Å². The number of rotatable bonds is 4. The highest BCUT2D eigenvalue weighted by Crippen LogP contribution is 2.25. The van der Waals surface area contributed by atoms with Gasteiger partial charge in [0.2, 0.25) is 5.88 Å². The number of aliphatic hydroxyl groups excluding tert-OH is 1. The maximum atomic E-state index is 8.73. The summed E-state index contributed by atoms with van der Waals surface area (Å²) in [6, 6.07) is 8.01. The number of aliphatic hydroxyl groups is 1. The molecule has 0 bridgehead atoms. The van der Waals surface area contributed by atoms with Crippen LogP contribution in [0.25, 0.3) is 11.1 Å². The van der Waals surface area contributed by atoms with Crippen molar-refractivity contribution in [1.29, 1.82) is 0 Å². The number of aryl methyl sites for hydroxylation is 1. The largest absolute Gasteiger partial charge is 0.396 e. The minimum atomic E-state index is 0.223. The molecule has 0 radical (unpaired) electrons. The summed E-state index contributed by atoms with van der Waals surface area (Å²) in [6.45, 7) is 0.223. The molecule has 0 aliphatic rings. The average Bonchev–Trinajstić information content (AvgIpc) is 2.74. The van der Waals surface area contributed by atoms with Crippen LogP contribution >= 0.6 is 0 Å². The van der Waals surface area contributed by atoms with Gasteiger partial charge in [-0.3, -0.25) is 0 Å². The first-order valence-corrected chi connectivity index (χ1v) is 5.21. The Bertz CT molecular complexity index is 448. The van der Waals surface area contributed by atoms with Gasteiger partial charge in [0.25, 0.3) is 0 Å². The van der Waals surface area contributed by atoms with Gasteiger partial charge in [-0.05, 0) is 24.0 Å². The van der Waals surface area contributed by atoms with Crippen molar-refractivity contribution < 1.29 is 9.63 Å². The van der Waals surface area contributed by atoms with E-state index in [-0.39, 0.29) is 6.61 Å². The van der Waals surface area contributed by atoms with E-state index in [0.29, 0.717) is 5.88 Å². The molecule has 84 valence electrons. The van der Waals surface area contributed by atoms with Crippen LogP contribution in [-0.4, -0.2) is 16.9 Å². The normalized spacial score (nSPS) is 10.6. The third-order valence-corrected chi connectivity index (χ3v) is 2.49. The highest BCUT2D eigenvalue weighted by atomic mass is 16.5. The molecule has 1 heterocycles. The second kappa shape index (κ2) is 4.81. The fourth-order valence-electron chi connectivity index (χ4n) is 1.60. The zero-order valence-electron chi connectivity index (χ0n) is 8.89. The molecular formula is C12H14N2O2. The summed E-state index contributed by atoms with van der Waals surface area (Å²) in [4.78, 5) is 0. The molecule has 0 fully saturated rings. The smallest absolute Gasteiger partial charge is 0.229 e. The maximum Gasteiger partial charge on any atom is 0.229 e. The number of nitrogens with zero attached hydrogens (tertiary/aromatic N) is 1. The SMILES string of the molecule is Nc1oncc1-c1ccc(CCCO)cc1. The van der Waals surface area contributed by atoms with E-state index >= 15 is 0 Å². The zero-order valence-corrected chi connectivity index (χ0v) is 8.89. The van der Waals surface area contributed by atoms with Crippen LogP contribution in [0, 0.1) is 0 Å². The third kappa shape index (κ3) is 2.23. The fraction of sp³-hybridized carbons (Fsp3) is 0.250. The third-order valence-electron chi connectivity index (χ3n) is 2.49. The standard InChI is InChI=1S/C12H14N2O2/c13-12-11(8-14-16-12)10-5-3-9(4-6-10)2-1-7-15/h3-6,8,15H,1-2,7,13H2. The molecule has 3 N–H and O–H groups in total. The molecule has 16 heavy (non-hydrogen) atoms. The van der Waals surface area contributed by atoms with Crippen molar-refractivity contribution in [2.45, 2.75) is 12.8 Å². The predicted octanol–water partition coefficient (Wildman–Crippen LogP) is 1.85. The lowest BCUT2D eigenvalue weighted by atomic mass is 10.0. The van der Waals surface area contributed by atoms with E-state index in [2.05, 4.69) is 5.16 Å². The van der Waals surface area contributed by atoms with Gasteiger partial charge >= 0.3 is 0 Å². The highest BCUT2D eigenvalue weighted by Gasteiger charge is 2.06. The summed E-state index contributed by atoms with van der Waals surface area (Å²) in [7, 11) is 0. The second-order valence-corrected chi connectivity index (χ2v) is 3.63. The van der Waals surface area contributed by atoms with Gasteiger partial charge in [-0.25, -0.2) is 0 Å². The fourth-order valence-corrected chi connectivity index (χ4v) is 1.60. The molecule has 0 aliphatic carbocycles. The number of hydrogen-bond acceptors (Lipinski definition) is 4. The van der Waals surface area contributed by atoms with Gasteiger partial charge in [0.05, 0.1) is 11.8 Å². The van der Waals surface area contributed by atoms with Crippen molar-refractivity contribution in [1.82, 2.24) is 5.16 Å². The zero-order chi connectivity index (χ0) is 11.4. The summed E-state index contributed by atoms with van der Waals surface area (Å²) in [5.41, 5.74) is 8.64. The number of anilines is 1. The van der Waals surface area contributed by atoms with E-state index in [9.17, 15) is 0 Å². The van der Waals surface area contributed by atoms with Crippen LogP contribution in [0.2, 0.25) is 0 Å². The highest BCUT2D eigenvalue weighted by molar-refractivity contribution is 5.71. The Morgan fingerprint density at radius 3 is 2.56 bits per heavy atom. The molecule has 4 heteroatoms. The first-order chi connectivity index (χ1) is 7.81. The monoisotopic (exact) mass is 218 g/mol. The lowest BCUT2D eigenvalue weighted by Crippen LogP contribution is -1.89. The molecular weight excluding hydrogens is 204 g/mol. The molecule has 0 unspecified atom stereocenters. The molecule has 0 aliphatic heterocycles. The Kier molecular flexibility index (Phi) is 3.22. The number of nitrogen functional groups attached to an aromatic ring is 1. The van der Waals surface area contributed by atoms with Crippen molar-refractivity contribution >= 4 is 5.88 Å². The van der Waals surface area contributed by atoms with Crippen LogP contribution < -0.4 is 5.73 Å². The van der Waals surface area contributed by atoms with Gasteiger partial charge in [-0.1, -0.05) is 29.4 Å². The van der Waals surface area contributed by atoms with Crippen molar-refractivity contribution in [2.24, 2.45) is 0 Å². The van der Waals surface area contributed by atoms with Gasteiger partial charge in [0.1, 0.15) is 0 Å². The van der Waals surface area contributed by atoms with Crippen LogP contribution in [0.3, 0.4) is 0 Å². The Morgan fingerprint density at radius 2 is 2.00 bits per heavy atom. The Balaban J connectivity index is 2.16. The van der Waals surface area contributed by atoms with E-state index in [0.717, 1.165) is 24.0 Å². The quantitative estimate of drug-likeness (QED) is 0.821. The van der Waals surface area contributed by atoms with Gasteiger partial charge < -0.3 is 15.4 Å². The summed E-state index contributed by atoms with van der Waals surface area (Å²) >= 11 is 0. The number of benzene rings is 1. The topological polar surface area (TPSA) is 72.3 Å². The van der Waals surface area contributed by atoms with Crippen LogP contribution in [-0.2, 0) is 6.42 Å². The molecule has 0 saturated carbocycles. The molecule has 2 aromatic rings. The molecule has 2 rings (SSSR count). The average molecular weight is 218 g/mol. The van der Waals surface area contributed by atoms with E-state index in [1.54, 1.807) is 6.20 Å². The Hall–Kier alpha value is -1.81. The van der Waals surface area contributed by atoms with Crippen molar-refractivity contribution in [3.63, 3.8) is 0 Å². The van der Waals surface area contributed by atoms with Crippen molar-refractivity contribution in [3.05, 3.63) is 36.0 Å². The lowest BCUT2D eigenvalue weighted by molar-refractivity contribution is 0.288. The second-order valence-electron chi connectivity index (χ2n) is 3.63. The molecule has 1 aromatic heterocycles. The minimum absolute atomic E-state index is 0.223. The van der Waals surface area contributed by atoms with Gasteiger partial charge in [0.15, 0.2) is 0 Å². The predicted molar refractivity (Wildman–Crippen MR) is 61.8 cm³/mol. The number of hydrogen-bond donors (Lipinski definition) is 2. The molecule has 0 atom stereocenters. The Labute approximate surface area is 93.7 Å². The number of nitrogens with two attached hydrogens (primary N) is 1. The lowest BCUT2D eigenvalue weighted by Gasteiger charge is -2.01. The minimum Gasteiger partial charge on any atom is -0.396 e. The van der Waals surface area contributed by atoms with Crippen molar-refractivity contribution in [2.75, 3.05) is 12.3 Å². The van der Waals surface area contributed by atoms with E-state index < -0.39 is 0 Å². The molecule has 0 amide bonds. The van der Waals surface area contributed by atoms with E-state index in [1.165, 1.54) is 5.56 Å². The molecule has 4 nitrogen and oxygen atoms in total.